The fourth-order valence-corrected chi connectivity index (χ4v) is 6.31. The van der Waals surface area contributed by atoms with Gasteiger partial charge in [-0.1, -0.05) is 0 Å². The summed E-state index contributed by atoms with van der Waals surface area (Å²) in [5, 5.41) is 21.6. The number of anilines is 2. The number of nitrogens with two attached hydrogens (primary N) is 1. The van der Waals surface area contributed by atoms with Gasteiger partial charge in [-0.15, -0.1) is 11.8 Å². The van der Waals surface area contributed by atoms with Crippen molar-refractivity contribution >= 4 is 29.4 Å². The summed E-state index contributed by atoms with van der Waals surface area (Å²) in [6.45, 7) is 6.51. The van der Waals surface area contributed by atoms with Gasteiger partial charge in [0.2, 0.25) is 5.95 Å². The Morgan fingerprint density at radius 1 is 1.17 bits per heavy atom. The molecule has 1 amide bonds. The van der Waals surface area contributed by atoms with Gasteiger partial charge in [-0.25, -0.2) is 19.9 Å². The van der Waals surface area contributed by atoms with Gasteiger partial charge >= 0.3 is 0 Å². The van der Waals surface area contributed by atoms with Crippen LogP contribution in [0.15, 0.2) is 17.3 Å². The highest BCUT2D eigenvalue weighted by atomic mass is 32.2. The maximum atomic E-state index is 12.5. The molecule has 4 N–H and O–H groups in total. The normalized spacial score (nSPS) is 22.2. The molecule has 1 unspecified atom stereocenters. The molecule has 0 saturated carbocycles. The van der Waals surface area contributed by atoms with Crippen molar-refractivity contribution in [3.8, 4) is 11.4 Å². The van der Waals surface area contributed by atoms with Crippen LogP contribution in [0.25, 0.3) is 11.4 Å². The third-order valence-electron chi connectivity index (χ3n) is 6.84. The number of rotatable bonds is 4. The summed E-state index contributed by atoms with van der Waals surface area (Å²) in [5.74, 6) is 1.26. The minimum Gasteiger partial charge on any atom is -0.389 e. The monoisotopic (exact) mass is 501 g/mol. The number of aliphatic hydroxyl groups is 2. The summed E-state index contributed by atoms with van der Waals surface area (Å²) in [7, 11) is 0. The van der Waals surface area contributed by atoms with Gasteiger partial charge in [-0.3, -0.25) is 4.79 Å². The Labute approximate surface area is 208 Å². The minimum absolute atomic E-state index is 0.108. The number of aromatic nitrogens is 4. The zero-order valence-corrected chi connectivity index (χ0v) is 20.8. The molecule has 0 aromatic carbocycles. The van der Waals surface area contributed by atoms with E-state index in [1.807, 2.05) is 0 Å². The molecule has 2 saturated heterocycles. The number of fused-ring (bicyclic) bond motifs is 1. The molecule has 2 aromatic heterocycles. The SMILES string of the molecule is CC(C)(O)C(=O)N1CCC(O)(C2Cc3nc(-c4cnc(N)nc4)nc(N4CCOCC4)c3S2)CC1. The van der Waals surface area contributed by atoms with Gasteiger partial charge in [0.25, 0.3) is 5.91 Å². The van der Waals surface area contributed by atoms with Gasteiger partial charge in [0.1, 0.15) is 11.4 Å². The number of hydrogen-bond donors (Lipinski definition) is 3. The zero-order valence-electron chi connectivity index (χ0n) is 20.0. The molecule has 0 radical (unpaired) electrons. The standard InChI is InChI=1S/C23H31N7O4S/c1-22(2,32)20(31)30-5-3-23(33,4-6-30)16-11-15-17(35-16)19(29-7-9-34-10-8-29)28-18(27-15)14-12-25-21(24)26-13-14/h12-13,16,32-33H,3-11H2,1-2H3,(H2,24,25,26). The van der Waals surface area contributed by atoms with Crippen LogP contribution >= 0.6 is 11.8 Å². The van der Waals surface area contributed by atoms with E-state index in [2.05, 4.69) is 14.9 Å². The first-order valence-corrected chi connectivity index (χ1v) is 12.7. The molecule has 2 fully saturated rings. The van der Waals surface area contributed by atoms with Crippen LogP contribution in [0.2, 0.25) is 0 Å². The van der Waals surface area contributed by atoms with E-state index in [0.717, 1.165) is 29.5 Å². The lowest BCUT2D eigenvalue weighted by Crippen LogP contribution is -2.55. The quantitative estimate of drug-likeness (QED) is 0.537. The molecular formula is C23H31N7O4S. The lowest BCUT2D eigenvalue weighted by Gasteiger charge is -2.42. The molecule has 3 aliphatic rings. The largest absolute Gasteiger partial charge is 0.389 e. The summed E-state index contributed by atoms with van der Waals surface area (Å²) in [6.07, 6.45) is 4.73. The Balaban J connectivity index is 1.41. The number of piperidine rings is 1. The highest BCUT2D eigenvalue weighted by Crippen LogP contribution is 2.48. The first kappa shape index (κ1) is 24.2. The molecule has 0 spiro atoms. The van der Waals surface area contributed by atoms with Crippen LogP contribution in [-0.2, 0) is 16.0 Å². The fraction of sp³-hybridized carbons (Fsp3) is 0.609. The molecular weight excluding hydrogens is 470 g/mol. The lowest BCUT2D eigenvalue weighted by atomic mass is 9.85. The van der Waals surface area contributed by atoms with E-state index in [-0.39, 0.29) is 17.1 Å². The average Bonchev–Trinajstić information content (AvgIpc) is 3.29. The van der Waals surface area contributed by atoms with Crippen molar-refractivity contribution in [3.05, 3.63) is 18.1 Å². The number of carbonyl (C=O) groups is 1. The van der Waals surface area contributed by atoms with Crippen LogP contribution in [0.1, 0.15) is 32.4 Å². The van der Waals surface area contributed by atoms with Crippen LogP contribution in [0.4, 0.5) is 11.8 Å². The Bertz CT molecular complexity index is 1090. The van der Waals surface area contributed by atoms with Crippen molar-refractivity contribution in [3.63, 3.8) is 0 Å². The second-order valence-electron chi connectivity index (χ2n) is 9.84. The molecule has 0 bridgehead atoms. The van der Waals surface area contributed by atoms with E-state index in [1.54, 1.807) is 29.1 Å². The number of morpholine rings is 1. The number of likely N-dealkylation sites (tertiary alicyclic amines) is 1. The summed E-state index contributed by atoms with van der Waals surface area (Å²) in [6, 6.07) is 0. The molecule has 12 heteroatoms. The molecule has 1 atom stereocenters. The third kappa shape index (κ3) is 4.80. The molecule has 0 aliphatic carbocycles. The maximum absolute atomic E-state index is 12.5. The molecule has 5 rings (SSSR count). The van der Waals surface area contributed by atoms with Crippen molar-refractivity contribution in [2.75, 3.05) is 50.0 Å². The van der Waals surface area contributed by atoms with Gasteiger partial charge in [0, 0.05) is 50.2 Å². The van der Waals surface area contributed by atoms with Gasteiger partial charge in [-0.05, 0) is 26.7 Å². The van der Waals surface area contributed by atoms with Crippen molar-refractivity contribution in [1.29, 1.82) is 0 Å². The van der Waals surface area contributed by atoms with Gasteiger partial charge in [-0.2, -0.15) is 0 Å². The zero-order chi connectivity index (χ0) is 24.8. The Hall–Kier alpha value is -2.54. The lowest BCUT2D eigenvalue weighted by molar-refractivity contribution is -0.152. The van der Waals surface area contributed by atoms with E-state index in [1.165, 1.54) is 13.8 Å². The predicted molar refractivity (Wildman–Crippen MR) is 131 cm³/mol. The predicted octanol–water partition coefficient (Wildman–Crippen LogP) is 0.494. The second kappa shape index (κ2) is 9.16. The molecule has 188 valence electrons. The van der Waals surface area contributed by atoms with Crippen molar-refractivity contribution in [1.82, 2.24) is 24.8 Å². The number of carbonyl (C=O) groups excluding carboxylic acids is 1. The van der Waals surface area contributed by atoms with Gasteiger partial charge in [0.05, 0.1) is 35.0 Å². The Morgan fingerprint density at radius 3 is 2.46 bits per heavy atom. The van der Waals surface area contributed by atoms with E-state index >= 15 is 0 Å². The van der Waals surface area contributed by atoms with Crippen LogP contribution in [0.3, 0.4) is 0 Å². The van der Waals surface area contributed by atoms with E-state index in [9.17, 15) is 15.0 Å². The van der Waals surface area contributed by atoms with Crippen molar-refractivity contribution < 1.29 is 19.7 Å². The summed E-state index contributed by atoms with van der Waals surface area (Å²) >= 11 is 1.62. The summed E-state index contributed by atoms with van der Waals surface area (Å²) in [4.78, 5) is 35.2. The maximum Gasteiger partial charge on any atom is 0.253 e. The Morgan fingerprint density at radius 2 is 1.83 bits per heavy atom. The second-order valence-corrected chi connectivity index (χ2v) is 11.1. The van der Waals surface area contributed by atoms with Crippen molar-refractivity contribution in [2.24, 2.45) is 0 Å². The summed E-state index contributed by atoms with van der Waals surface area (Å²) in [5.41, 5.74) is 4.86. The molecule has 2 aromatic rings. The first-order chi connectivity index (χ1) is 16.6. The third-order valence-corrected chi connectivity index (χ3v) is 8.38. The number of ether oxygens (including phenoxy) is 1. The highest BCUT2D eigenvalue weighted by molar-refractivity contribution is 8.00. The van der Waals surface area contributed by atoms with Crippen LogP contribution in [0, 0.1) is 0 Å². The molecule has 5 heterocycles. The van der Waals surface area contributed by atoms with Gasteiger partial charge in [0.15, 0.2) is 5.82 Å². The number of nitrogen functional groups attached to an aromatic ring is 1. The molecule has 35 heavy (non-hydrogen) atoms. The number of amides is 1. The highest BCUT2D eigenvalue weighted by Gasteiger charge is 2.46. The fourth-order valence-electron chi connectivity index (χ4n) is 4.78. The summed E-state index contributed by atoms with van der Waals surface area (Å²) < 4.78 is 5.54. The number of hydrogen-bond acceptors (Lipinski definition) is 11. The van der Waals surface area contributed by atoms with E-state index < -0.39 is 11.2 Å². The van der Waals surface area contributed by atoms with Gasteiger partial charge < -0.3 is 30.5 Å². The van der Waals surface area contributed by atoms with Crippen molar-refractivity contribution in [2.45, 2.75) is 54.5 Å². The number of thioether (sulfide) groups is 1. The van der Waals surface area contributed by atoms with Crippen LogP contribution < -0.4 is 10.6 Å². The molecule has 11 nitrogen and oxygen atoms in total. The van der Waals surface area contributed by atoms with Crippen LogP contribution in [0.5, 0.6) is 0 Å². The minimum atomic E-state index is -1.42. The van der Waals surface area contributed by atoms with E-state index in [4.69, 9.17) is 20.4 Å². The number of nitrogens with zero attached hydrogens (tertiary/aromatic N) is 6. The molecule has 3 aliphatic heterocycles. The smallest absolute Gasteiger partial charge is 0.253 e. The Kier molecular flexibility index (Phi) is 6.32. The average molecular weight is 502 g/mol. The van der Waals surface area contributed by atoms with E-state index in [0.29, 0.717) is 57.0 Å². The first-order valence-electron chi connectivity index (χ1n) is 11.9. The topological polar surface area (TPSA) is 151 Å². The van der Waals surface area contributed by atoms with Crippen LogP contribution in [-0.4, -0.2) is 96.8 Å².